The van der Waals surface area contributed by atoms with Crippen molar-refractivity contribution in [1.29, 1.82) is 0 Å². The van der Waals surface area contributed by atoms with Crippen LogP contribution in [0.2, 0.25) is 5.02 Å². The van der Waals surface area contributed by atoms with Crippen LogP contribution in [0.3, 0.4) is 0 Å². The third kappa shape index (κ3) is 2.90. The van der Waals surface area contributed by atoms with E-state index in [4.69, 9.17) is 21.4 Å². The molecule has 2 aromatic carbocycles. The molecule has 0 spiro atoms. The summed E-state index contributed by atoms with van der Waals surface area (Å²) < 4.78 is 5.71. The average Bonchev–Trinajstić information content (AvgIpc) is 2.37. The quantitative estimate of drug-likeness (QED) is 0.821. The second-order valence-electron chi connectivity index (χ2n) is 3.87. The number of hydrogen-bond donors (Lipinski definition) is 1. The molecule has 1 N–H and O–H groups in total. The van der Waals surface area contributed by atoms with E-state index in [-0.39, 0.29) is 6.61 Å². The van der Waals surface area contributed by atoms with Gasteiger partial charge in [-0.2, -0.15) is 0 Å². The molecule has 0 saturated carbocycles. The maximum absolute atomic E-state index is 8.70. The van der Waals surface area contributed by atoms with Crippen molar-refractivity contribution in [3.8, 4) is 5.75 Å². The molecular weight excluding hydrogens is 236 g/mol. The zero-order chi connectivity index (χ0) is 12.1. The van der Waals surface area contributed by atoms with E-state index in [1.165, 1.54) is 0 Å². The molecule has 0 fully saturated rings. The highest BCUT2D eigenvalue weighted by atomic mass is 35.5. The van der Waals surface area contributed by atoms with Crippen molar-refractivity contribution in [3.63, 3.8) is 0 Å². The Balaban J connectivity index is 2.20. The molecule has 0 aromatic heterocycles. The Hall–Kier alpha value is -1.25. The number of benzene rings is 2. The molecular formula is C14H15ClO2. The van der Waals surface area contributed by atoms with Gasteiger partial charge in [-0.1, -0.05) is 35.9 Å². The summed E-state index contributed by atoms with van der Waals surface area (Å²) in [5.74, 6) is 0.850. The fourth-order valence-electron chi connectivity index (χ4n) is 1.76. The summed E-state index contributed by atoms with van der Waals surface area (Å²) in [5, 5.41) is 11.5. The first-order valence-corrected chi connectivity index (χ1v) is 6.11. The zero-order valence-corrected chi connectivity index (χ0v) is 10.3. The lowest BCUT2D eigenvalue weighted by Gasteiger charge is -2.09. The van der Waals surface area contributed by atoms with Crippen LogP contribution >= 0.6 is 11.6 Å². The number of unbranched alkanes of at least 4 members (excludes halogenated alkanes) is 1. The highest BCUT2D eigenvalue weighted by Gasteiger charge is 2.04. The van der Waals surface area contributed by atoms with Crippen LogP contribution in [0.5, 0.6) is 5.75 Å². The lowest BCUT2D eigenvalue weighted by Crippen LogP contribution is -1.99. The standard InChI is InChI=1S/C14H15ClO2/c15-13-7-8-14(17-10-4-3-9-16)12-6-2-1-5-11(12)13/h1-2,5-8,16H,3-4,9-10H2. The smallest absolute Gasteiger partial charge is 0.127 e. The summed E-state index contributed by atoms with van der Waals surface area (Å²) in [4.78, 5) is 0. The van der Waals surface area contributed by atoms with Gasteiger partial charge >= 0.3 is 0 Å². The summed E-state index contributed by atoms with van der Waals surface area (Å²) in [7, 11) is 0. The predicted molar refractivity (Wildman–Crippen MR) is 70.8 cm³/mol. The Morgan fingerprint density at radius 3 is 2.53 bits per heavy atom. The second kappa shape index (κ2) is 5.89. The first-order chi connectivity index (χ1) is 8.33. The Labute approximate surface area is 106 Å². The third-order valence-electron chi connectivity index (χ3n) is 2.64. The number of hydrogen-bond acceptors (Lipinski definition) is 2. The molecule has 0 aliphatic rings. The van der Waals surface area contributed by atoms with Crippen LogP contribution in [0.1, 0.15) is 12.8 Å². The molecule has 0 bridgehead atoms. The Bertz CT molecular complexity index is 497. The molecule has 0 aliphatic carbocycles. The molecule has 0 heterocycles. The normalized spacial score (nSPS) is 10.7. The number of aliphatic hydroxyl groups excluding tert-OH is 1. The fourth-order valence-corrected chi connectivity index (χ4v) is 1.98. The minimum atomic E-state index is 0.213. The summed E-state index contributed by atoms with van der Waals surface area (Å²) in [5.41, 5.74) is 0. The highest BCUT2D eigenvalue weighted by Crippen LogP contribution is 2.31. The van der Waals surface area contributed by atoms with Gasteiger partial charge in [0.1, 0.15) is 5.75 Å². The van der Waals surface area contributed by atoms with E-state index in [0.29, 0.717) is 6.61 Å². The third-order valence-corrected chi connectivity index (χ3v) is 2.97. The second-order valence-corrected chi connectivity index (χ2v) is 4.28. The topological polar surface area (TPSA) is 29.5 Å². The number of aliphatic hydroxyl groups is 1. The van der Waals surface area contributed by atoms with E-state index in [1.807, 2.05) is 36.4 Å². The Morgan fingerprint density at radius 1 is 1.00 bits per heavy atom. The fraction of sp³-hybridized carbons (Fsp3) is 0.286. The average molecular weight is 251 g/mol. The molecule has 17 heavy (non-hydrogen) atoms. The van der Waals surface area contributed by atoms with Gasteiger partial charge in [-0.3, -0.25) is 0 Å². The number of rotatable bonds is 5. The van der Waals surface area contributed by atoms with Crippen LogP contribution < -0.4 is 4.74 Å². The van der Waals surface area contributed by atoms with E-state index in [1.54, 1.807) is 0 Å². The van der Waals surface area contributed by atoms with E-state index < -0.39 is 0 Å². The summed E-state index contributed by atoms with van der Waals surface area (Å²) in [6.07, 6.45) is 1.62. The van der Waals surface area contributed by atoms with Crippen molar-refractivity contribution < 1.29 is 9.84 Å². The summed E-state index contributed by atoms with van der Waals surface area (Å²) >= 11 is 6.12. The minimum Gasteiger partial charge on any atom is -0.493 e. The Kier molecular flexibility index (Phi) is 4.24. The van der Waals surface area contributed by atoms with Crippen molar-refractivity contribution in [2.24, 2.45) is 0 Å². The molecule has 0 aliphatic heterocycles. The molecule has 2 aromatic rings. The van der Waals surface area contributed by atoms with E-state index in [2.05, 4.69) is 0 Å². The molecule has 0 atom stereocenters. The number of halogens is 1. The maximum Gasteiger partial charge on any atom is 0.127 e. The van der Waals surface area contributed by atoms with Crippen molar-refractivity contribution in [1.82, 2.24) is 0 Å². The largest absolute Gasteiger partial charge is 0.493 e. The van der Waals surface area contributed by atoms with Crippen LogP contribution in [0.15, 0.2) is 36.4 Å². The van der Waals surface area contributed by atoms with Gasteiger partial charge in [0.2, 0.25) is 0 Å². The minimum absolute atomic E-state index is 0.213. The van der Waals surface area contributed by atoms with Crippen LogP contribution in [0, 0.1) is 0 Å². The zero-order valence-electron chi connectivity index (χ0n) is 9.53. The van der Waals surface area contributed by atoms with Crippen LogP contribution in [0.25, 0.3) is 10.8 Å². The Morgan fingerprint density at radius 2 is 1.76 bits per heavy atom. The SMILES string of the molecule is OCCCCOc1ccc(Cl)c2ccccc12. The lowest BCUT2D eigenvalue weighted by atomic mass is 10.1. The van der Waals surface area contributed by atoms with Crippen LogP contribution in [-0.2, 0) is 0 Å². The van der Waals surface area contributed by atoms with Gasteiger partial charge in [-0.15, -0.1) is 0 Å². The molecule has 2 nitrogen and oxygen atoms in total. The van der Waals surface area contributed by atoms with Crippen LogP contribution in [-0.4, -0.2) is 18.3 Å². The van der Waals surface area contributed by atoms with E-state index >= 15 is 0 Å². The van der Waals surface area contributed by atoms with Gasteiger partial charge in [0.05, 0.1) is 6.61 Å². The summed E-state index contributed by atoms with van der Waals surface area (Å²) in [6.45, 7) is 0.830. The van der Waals surface area contributed by atoms with Gasteiger partial charge in [0.25, 0.3) is 0 Å². The van der Waals surface area contributed by atoms with Crippen molar-refractivity contribution in [2.45, 2.75) is 12.8 Å². The maximum atomic E-state index is 8.70. The van der Waals surface area contributed by atoms with Crippen molar-refractivity contribution >= 4 is 22.4 Å². The van der Waals surface area contributed by atoms with Crippen molar-refractivity contribution in [3.05, 3.63) is 41.4 Å². The molecule has 0 amide bonds. The van der Waals surface area contributed by atoms with Gasteiger partial charge in [-0.25, -0.2) is 0 Å². The van der Waals surface area contributed by atoms with E-state index in [9.17, 15) is 0 Å². The predicted octanol–water partition coefficient (Wildman–Crippen LogP) is 3.64. The van der Waals surface area contributed by atoms with Gasteiger partial charge in [0.15, 0.2) is 0 Å². The molecule has 0 saturated heterocycles. The lowest BCUT2D eigenvalue weighted by molar-refractivity contribution is 0.254. The van der Waals surface area contributed by atoms with Gasteiger partial charge in [-0.05, 0) is 25.0 Å². The number of fused-ring (bicyclic) bond motifs is 1. The van der Waals surface area contributed by atoms with E-state index in [0.717, 1.165) is 34.4 Å². The number of ether oxygens (including phenoxy) is 1. The summed E-state index contributed by atoms with van der Waals surface area (Å²) in [6, 6.07) is 11.7. The van der Waals surface area contributed by atoms with Gasteiger partial charge in [0, 0.05) is 22.4 Å². The molecule has 0 radical (unpaired) electrons. The molecule has 90 valence electrons. The highest BCUT2D eigenvalue weighted by molar-refractivity contribution is 6.35. The molecule has 2 rings (SSSR count). The first-order valence-electron chi connectivity index (χ1n) is 5.74. The molecule has 3 heteroatoms. The van der Waals surface area contributed by atoms with Crippen molar-refractivity contribution in [2.75, 3.05) is 13.2 Å². The first kappa shape index (κ1) is 12.2. The van der Waals surface area contributed by atoms with Gasteiger partial charge < -0.3 is 9.84 Å². The molecule has 0 unspecified atom stereocenters. The monoisotopic (exact) mass is 250 g/mol. The van der Waals surface area contributed by atoms with Crippen LogP contribution in [0.4, 0.5) is 0 Å².